The molecule has 0 amide bonds. The monoisotopic (exact) mass is 621 g/mol. The van der Waals surface area contributed by atoms with Gasteiger partial charge in [-0.05, 0) is 64.2 Å². The summed E-state index contributed by atoms with van der Waals surface area (Å²) in [7, 11) is 0. The lowest BCUT2D eigenvalue weighted by atomic mass is 10.0. The van der Waals surface area contributed by atoms with Crippen molar-refractivity contribution in [1.82, 2.24) is 0 Å². The third-order valence-electron chi connectivity index (χ3n) is 8.99. The van der Waals surface area contributed by atoms with Crippen LogP contribution >= 0.6 is 0 Å². The summed E-state index contributed by atoms with van der Waals surface area (Å²) in [4.78, 5) is 23.3. The van der Waals surface area contributed by atoms with Gasteiger partial charge in [0.15, 0.2) is 0 Å². The second-order valence-corrected chi connectivity index (χ2v) is 13.5. The van der Waals surface area contributed by atoms with Gasteiger partial charge in [-0.3, -0.25) is 9.59 Å². The minimum atomic E-state index is -0.685. The summed E-state index contributed by atoms with van der Waals surface area (Å²) in [5, 5.41) is 8.76. The van der Waals surface area contributed by atoms with Gasteiger partial charge in [-0.25, -0.2) is 0 Å². The van der Waals surface area contributed by atoms with Crippen molar-refractivity contribution in [3.8, 4) is 0 Å². The smallest absolute Gasteiger partial charge is 0.306 e. The Morgan fingerprint density at radius 3 is 1.23 bits per heavy atom. The van der Waals surface area contributed by atoms with Crippen molar-refractivity contribution >= 4 is 11.9 Å². The van der Waals surface area contributed by atoms with E-state index in [9.17, 15) is 9.59 Å². The van der Waals surface area contributed by atoms with Crippen LogP contribution in [0.4, 0.5) is 0 Å². The van der Waals surface area contributed by atoms with Gasteiger partial charge in [-0.1, -0.05) is 161 Å². The molecule has 4 heteroatoms. The summed E-state index contributed by atoms with van der Waals surface area (Å²) in [5.74, 6) is -0.670. The Bertz CT molecular complexity index is 629. The molecule has 0 saturated heterocycles. The maximum Gasteiger partial charge on any atom is 0.306 e. The number of unbranched alkanes of at least 4 members (excludes halogenated alkanes) is 25. The van der Waals surface area contributed by atoms with Gasteiger partial charge in [0.25, 0.3) is 0 Å². The summed E-state index contributed by atoms with van der Waals surface area (Å²) in [6.45, 7) is 4.54. The first kappa shape index (κ1) is 42.7. The molecule has 0 aromatic rings. The summed E-state index contributed by atoms with van der Waals surface area (Å²) >= 11 is 0. The van der Waals surface area contributed by atoms with Crippen molar-refractivity contribution in [1.29, 1.82) is 0 Å². The van der Waals surface area contributed by atoms with E-state index in [0.717, 1.165) is 51.4 Å². The molecule has 260 valence electrons. The largest absolute Gasteiger partial charge is 0.481 e. The summed E-state index contributed by atoms with van der Waals surface area (Å²) in [5.41, 5.74) is 0. The molecule has 0 bridgehead atoms. The van der Waals surface area contributed by atoms with Crippen LogP contribution in [0.2, 0.25) is 0 Å². The van der Waals surface area contributed by atoms with E-state index < -0.39 is 5.97 Å². The Kier molecular flexibility index (Phi) is 35.1. The van der Waals surface area contributed by atoms with E-state index in [0.29, 0.717) is 12.8 Å². The number of aliphatic carboxylic acids is 1. The minimum Gasteiger partial charge on any atom is -0.481 e. The lowest BCUT2D eigenvalue weighted by molar-refractivity contribution is -0.150. The minimum absolute atomic E-state index is 0.0157. The topological polar surface area (TPSA) is 63.6 Å². The molecule has 0 aliphatic heterocycles. The van der Waals surface area contributed by atoms with Gasteiger partial charge in [-0.2, -0.15) is 0 Å². The first-order valence-electron chi connectivity index (χ1n) is 19.7. The molecule has 0 radical (unpaired) electrons. The molecule has 4 nitrogen and oxygen atoms in total. The Balaban J connectivity index is 4.03. The van der Waals surface area contributed by atoms with Crippen LogP contribution in [-0.2, 0) is 14.3 Å². The SMILES string of the molecule is CCCCCCCC/C=C\CCCCCCCC(=O)OC(CCCCCCCCCCC)CCCCCCCCCC(=O)O. The molecule has 0 aliphatic carbocycles. The molecule has 0 aromatic heterocycles. The number of hydrogen-bond donors (Lipinski definition) is 1. The lowest BCUT2D eigenvalue weighted by Crippen LogP contribution is -2.18. The predicted molar refractivity (Wildman–Crippen MR) is 190 cm³/mol. The standard InChI is InChI=1S/C40H76O4/c1-3-5-7-9-11-13-14-15-16-17-18-20-25-29-33-37-40(43)44-38(34-30-26-22-19-12-10-8-6-4-2)35-31-27-23-21-24-28-32-36-39(41)42/h15-16,38H,3-14,17-37H2,1-2H3,(H,41,42)/b16-15-. The average molecular weight is 621 g/mol. The highest BCUT2D eigenvalue weighted by molar-refractivity contribution is 5.69. The summed E-state index contributed by atoms with van der Waals surface area (Å²) in [6, 6.07) is 0. The molecular formula is C40H76O4. The fourth-order valence-corrected chi connectivity index (χ4v) is 6.06. The van der Waals surface area contributed by atoms with Gasteiger partial charge in [-0.15, -0.1) is 0 Å². The average Bonchev–Trinajstić information content (AvgIpc) is 3.01. The third-order valence-corrected chi connectivity index (χ3v) is 8.99. The molecule has 1 atom stereocenters. The Morgan fingerprint density at radius 1 is 0.477 bits per heavy atom. The molecule has 0 aliphatic rings. The zero-order chi connectivity index (χ0) is 32.2. The molecule has 0 aromatic carbocycles. The second-order valence-electron chi connectivity index (χ2n) is 13.5. The van der Waals surface area contributed by atoms with Crippen molar-refractivity contribution in [2.75, 3.05) is 0 Å². The number of rotatable bonds is 36. The number of carbonyl (C=O) groups excluding carboxylic acids is 1. The van der Waals surface area contributed by atoms with E-state index in [1.165, 1.54) is 148 Å². The molecule has 1 N–H and O–H groups in total. The summed E-state index contributed by atoms with van der Waals surface area (Å²) in [6.07, 6.45) is 43.7. The van der Waals surface area contributed by atoms with Crippen LogP contribution in [-0.4, -0.2) is 23.1 Å². The normalized spacial score (nSPS) is 12.2. The van der Waals surface area contributed by atoms with E-state index in [1.54, 1.807) is 0 Å². The maximum atomic E-state index is 12.7. The second kappa shape index (κ2) is 36.2. The van der Waals surface area contributed by atoms with E-state index in [4.69, 9.17) is 9.84 Å². The molecule has 0 heterocycles. The Hall–Kier alpha value is -1.32. The molecule has 0 spiro atoms. The van der Waals surface area contributed by atoms with Crippen LogP contribution < -0.4 is 0 Å². The highest BCUT2D eigenvalue weighted by atomic mass is 16.5. The molecule has 1 unspecified atom stereocenters. The maximum absolute atomic E-state index is 12.7. The Labute approximate surface area is 275 Å². The highest BCUT2D eigenvalue weighted by Crippen LogP contribution is 2.19. The fraction of sp³-hybridized carbons (Fsp3) is 0.900. The lowest BCUT2D eigenvalue weighted by Gasteiger charge is -2.18. The zero-order valence-corrected chi connectivity index (χ0v) is 29.7. The first-order valence-corrected chi connectivity index (χ1v) is 19.7. The van der Waals surface area contributed by atoms with Gasteiger partial charge in [0.2, 0.25) is 0 Å². The van der Waals surface area contributed by atoms with Crippen LogP contribution in [0.1, 0.15) is 226 Å². The van der Waals surface area contributed by atoms with E-state index in [2.05, 4.69) is 26.0 Å². The van der Waals surface area contributed by atoms with Crippen LogP contribution in [0, 0.1) is 0 Å². The van der Waals surface area contributed by atoms with E-state index in [-0.39, 0.29) is 12.1 Å². The fourth-order valence-electron chi connectivity index (χ4n) is 6.06. The van der Waals surface area contributed by atoms with Crippen molar-refractivity contribution < 1.29 is 19.4 Å². The molecule has 0 rings (SSSR count). The number of carbonyl (C=O) groups is 2. The summed E-state index contributed by atoms with van der Waals surface area (Å²) < 4.78 is 6.02. The molecular weight excluding hydrogens is 544 g/mol. The number of carboxylic acid groups (broad SMARTS) is 1. The first-order chi connectivity index (χ1) is 21.6. The molecule has 44 heavy (non-hydrogen) atoms. The number of esters is 1. The highest BCUT2D eigenvalue weighted by Gasteiger charge is 2.14. The van der Waals surface area contributed by atoms with Crippen LogP contribution in [0.25, 0.3) is 0 Å². The van der Waals surface area contributed by atoms with Crippen molar-refractivity contribution in [3.63, 3.8) is 0 Å². The van der Waals surface area contributed by atoms with Crippen LogP contribution in [0.5, 0.6) is 0 Å². The predicted octanol–water partition coefficient (Wildman–Crippen LogP) is 13.5. The third kappa shape index (κ3) is 35.2. The van der Waals surface area contributed by atoms with Crippen molar-refractivity contribution in [2.24, 2.45) is 0 Å². The quantitative estimate of drug-likeness (QED) is 0.0430. The van der Waals surface area contributed by atoms with Gasteiger partial charge < -0.3 is 9.84 Å². The van der Waals surface area contributed by atoms with Gasteiger partial charge in [0.1, 0.15) is 6.10 Å². The van der Waals surface area contributed by atoms with Gasteiger partial charge in [0.05, 0.1) is 0 Å². The Morgan fingerprint density at radius 2 is 0.818 bits per heavy atom. The van der Waals surface area contributed by atoms with E-state index >= 15 is 0 Å². The molecule has 0 saturated carbocycles. The van der Waals surface area contributed by atoms with Crippen LogP contribution in [0.3, 0.4) is 0 Å². The number of carboxylic acids is 1. The van der Waals surface area contributed by atoms with Gasteiger partial charge >= 0.3 is 11.9 Å². The van der Waals surface area contributed by atoms with Crippen molar-refractivity contribution in [2.45, 2.75) is 232 Å². The van der Waals surface area contributed by atoms with Gasteiger partial charge in [0, 0.05) is 12.8 Å². The van der Waals surface area contributed by atoms with E-state index in [1.807, 2.05) is 0 Å². The van der Waals surface area contributed by atoms with Crippen LogP contribution in [0.15, 0.2) is 12.2 Å². The zero-order valence-electron chi connectivity index (χ0n) is 29.7. The number of ether oxygens (including phenoxy) is 1. The number of hydrogen-bond acceptors (Lipinski definition) is 3. The molecule has 0 fully saturated rings. The number of allylic oxidation sites excluding steroid dienone is 2. The van der Waals surface area contributed by atoms with Crippen molar-refractivity contribution in [3.05, 3.63) is 12.2 Å².